The average Bonchev–Trinajstić information content (AvgIpc) is 3.05. The third-order valence-electron chi connectivity index (χ3n) is 3.27. The van der Waals surface area contributed by atoms with E-state index in [1.165, 1.54) is 0 Å². The summed E-state index contributed by atoms with van der Waals surface area (Å²) in [5.74, 6) is -0.600. The Morgan fingerprint density at radius 3 is 2.43 bits per heavy atom. The third-order valence-corrected chi connectivity index (χ3v) is 3.27. The monoisotopic (exact) mass is 316 g/mol. The van der Waals surface area contributed by atoms with Gasteiger partial charge in [-0.3, -0.25) is 0 Å². The first kappa shape index (κ1) is 15.0. The number of benzene rings is 2. The predicted octanol–water partition coefficient (Wildman–Crippen LogP) is 3.87. The molecule has 7 heteroatoms. The van der Waals surface area contributed by atoms with Crippen LogP contribution in [0, 0.1) is 0 Å². The van der Waals surface area contributed by atoms with E-state index in [0.717, 1.165) is 11.3 Å². The van der Waals surface area contributed by atoms with Crippen LogP contribution < -0.4 is 11.1 Å². The highest BCUT2D eigenvalue weighted by molar-refractivity contribution is 5.65. The number of alkyl halides is 2. The van der Waals surface area contributed by atoms with E-state index in [9.17, 15) is 8.78 Å². The Hall–Kier alpha value is -2.96. The minimum Gasteiger partial charge on any atom is -0.415 e. The summed E-state index contributed by atoms with van der Waals surface area (Å²) in [6, 6.07) is 14.7. The quantitative estimate of drug-likeness (QED) is 0.699. The van der Waals surface area contributed by atoms with Crippen LogP contribution in [0.3, 0.4) is 0 Å². The van der Waals surface area contributed by atoms with Crippen LogP contribution in [0.15, 0.2) is 52.9 Å². The van der Waals surface area contributed by atoms with Gasteiger partial charge in [0.2, 0.25) is 5.89 Å². The summed E-state index contributed by atoms with van der Waals surface area (Å²) in [7, 11) is 0. The van der Waals surface area contributed by atoms with Gasteiger partial charge in [0.15, 0.2) is 0 Å². The first-order chi connectivity index (χ1) is 11.1. The number of hydrogen-bond acceptors (Lipinski definition) is 5. The van der Waals surface area contributed by atoms with E-state index < -0.39 is 12.3 Å². The van der Waals surface area contributed by atoms with E-state index in [0.29, 0.717) is 17.8 Å². The lowest BCUT2D eigenvalue weighted by Gasteiger charge is -2.09. The molecule has 0 aliphatic heterocycles. The summed E-state index contributed by atoms with van der Waals surface area (Å²) in [5, 5.41) is 10.2. The highest BCUT2D eigenvalue weighted by Crippen LogP contribution is 2.24. The first-order valence-electron chi connectivity index (χ1n) is 6.93. The van der Waals surface area contributed by atoms with Gasteiger partial charge in [-0.25, -0.2) is 0 Å². The second-order valence-corrected chi connectivity index (χ2v) is 4.88. The smallest absolute Gasteiger partial charge is 0.314 e. The van der Waals surface area contributed by atoms with Gasteiger partial charge in [-0.15, -0.1) is 10.2 Å². The number of nitrogens with zero attached hydrogens (tertiary/aromatic N) is 2. The number of hydrogen-bond donors (Lipinski definition) is 2. The lowest BCUT2D eigenvalue weighted by Crippen LogP contribution is -2.02. The number of para-hydroxylation sites is 2. The van der Waals surface area contributed by atoms with Gasteiger partial charge in [0.25, 0.3) is 5.89 Å². The Morgan fingerprint density at radius 1 is 1.04 bits per heavy atom. The van der Waals surface area contributed by atoms with Crippen LogP contribution in [0.5, 0.6) is 0 Å². The Labute approximate surface area is 131 Å². The number of aromatic nitrogens is 2. The minimum absolute atomic E-state index is 0.0760. The summed E-state index contributed by atoms with van der Waals surface area (Å²) in [6.45, 7) is 0.584. The van der Waals surface area contributed by atoms with Gasteiger partial charge in [-0.2, -0.15) is 8.78 Å². The van der Waals surface area contributed by atoms with Crippen LogP contribution in [0.4, 0.5) is 20.2 Å². The normalized spacial score (nSPS) is 10.9. The van der Waals surface area contributed by atoms with Crippen molar-refractivity contribution in [2.24, 2.45) is 0 Å². The van der Waals surface area contributed by atoms with Crippen molar-refractivity contribution >= 4 is 11.4 Å². The summed E-state index contributed by atoms with van der Waals surface area (Å²) in [5.41, 5.74) is 8.99. The molecule has 118 valence electrons. The molecule has 0 spiro atoms. The molecule has 23 heavy (non-hydrogen) atoms. The molecule has 0 fully saturated rings. The van der Waals surface area contributed by atoms with Gasteiger partial charge in [-0.1, -0.05) is 24.3 Å². The minimum atomic E-state index is -2.77. The molecule has 2 aromatic carbocycles. The second-order valence-electron chi connectivity index (χ2n) is 4.88. The number of halogens is 2. The van der Waals surface area contributed by atoms with Crippen molar-refractivity contribution in [1.29, 1.82) is 0 Å². The van der Waals surface area contributed by atoms with Crippen molar-refractivity contribution in [1.82, 2.24) is 10.2 Å². The SMILES string of the molecule is Nc1ccccc1NCc1ccc(-c2nnc(C(F)F)o2)cc1. The van der Waals surface area contributed by atoms with Crippen LogP contribution in [-0.2, 0) is 6.54 Å². The van der Waals surface area contributed by atoms with Gasteiger partial charge < -0.3 is 15.5 Å². The molecule has 3 rings (SSSR count). The van der Waals surface area contributed by atoms with Crippen molar-refractivity contribution in [2.75, 3.05) is 11.1 Å². The van der Waals surface area contributed by atoms with Crippen molar-refractivity contribution in [3.05, 3.63) is 60.0 Å². The van der Waals surface area contributed by atoms with Crippen LogP contribution in [0.25, 0.3) is 11.5 Å². The van der Waals surface area contributed by atoms with Crippen LogP contribution in [0.1, 0.15) is 17.9 Å². The van der Waals surface area contributed by atoms with E-state index in [1.807, 2.05) is 36.4 Å². The largest absolute Gasteiger partial charge is 0.415 e. The molecule has 0 atom stereocenters. The molecule has 1 aromatic heterocycles. The van der Waals surface area contributed by atoms with E-state index >= 15 is 0 Å². The Balaban J connectivity index is 1.68. The molecule has 0 aliphatic rings. The van der Waals surface area contributed by atoms with E-state index in [-0.39, 0.29) is 5.89 Å². The molecule has 0 unspecified atom stereocenters. The van der Waals surface area contributed by atoms with Gasteiger partial charge in [0.1, 0.15) is 0 Å². The molecule has 0 saturated heterocycles. The molecule has 0 saturated carbocycles. The summed E-state index contributed by atoms with van der Waals surface area (Å²) in [4.78, 5) is 0. The molecule has 3 N–H and O–H groups in total. The molecule has 0 amide bonds. The fourth-order valence-corrected chi connectivity index (χ4v) is 2.06. The van der Waals surface area contributed by atoms with Crippen molar-refractivity contribution in [3.63, 3.8) is 0 Å². The maximum absolute atomic E-state index is 12.4. The summed E-state index contributed by atoms with van der Waals surface area (Å²) in [6.07, 6.45) is -2.77. The lowest BCUT2D eigenvalue weighted by molar-refractivity contribution is 0.116. The second kappa shape index (κ2) is 6.43. The topological polar surface area (TPSA) is 77.0 Å². The maximum atomic E-state index is 12.4. The Bertz CT molecular complexity index is 787. The molecule has 5 nitrogen and oxygen atoms in total. The van der Waals surface area contributed by atoms with Gasteiger partial charge >= 0.3 is 6.43 Å². The standard InChI is InChI=1S/C16H14F2N4O/c17-14(18)16-22-21-15(23-16)11-7-5-10(6-8-11)9-20-13-4-2-1-3-12(13)19/h1-8,14,20H,9,19H2. The number of rotatable bonds is 5. The Kier molecular flexibility index (Phi) is 4.18. The highest BCUT2D eigenvalue weighted by Gasteiger charge is 2.16. The predicted molar refractivity (Wildman–Crippen MR) is 82.9 cm³/mol. The van der Waals surface area contributed by atoms with Crippen LogP contribution in [-0.4, -0.2) is 10.2 Å². The molecule has 3 aromatic rings. The zero-order valence-electron chi connectivity index (χ0n) is 12.0. The van der Waals surface area contributed by atoms with Crippen LogP contribution in [0.2, 0.25) is 0 Å². The van der Waals surface area contributed by atoms with Crippen molar-refractivity contribution < 1.29 is 13.2 Å². The summed E-state index contributed by atoms with van der Waals surface area (Å²) >= 11 is 0. The molecule has 0 radical (unpaired) electrons. The Morgan fingerprint density at radius 2 is 1.78 bits per heavy atom. The van der Waals surface area contributed by atoms with Gasteiger partial charge in [-0.05, 0) is 29.8 Å². The van der Waals surface area contributed by atoms with Crippen molar-refractivity contribution in [3.8, 4) is 11.5 Å². The van der Waals surface area contributed by atoms with E-state index in [2.05, 4.69) is 15.5 Å². The zero-order valence-corrected chi connectivity index (χ0v) is 12.0. The van der Waals surface area contributed by atoms with E-state index in [4.69, 9.17) is 10.2 Å². The zero-order chi connectivity index (χ0) is 16.2. The highest BCUT2D eigenvalue weighted by atomic mass is 19.3. The molecule has 0 bridgehead atoms. The number of nitrogens with two attached hydrogens (primary N) is 1. The van der Waals surface area contributed by atoms with Crippen LogP contribution >= 0.6 is 0 Å². The van der Waals surface area contributed by atoms with Gasteiger partial charge in [0, 0.05) is 12.1 Å². The third kappa shape index (κ3) is 3.45. The number of nitrogen functional groups attached to an aromatic ring is 1. The number of anilines is 2. The summed E-state index contributed by atoms with van der Waals surface area (Å²) < 4.78 is 29.8. The van der Waals surface area contributed by atoms with Gasteiger partial charge in [0.05, 0.1) is 11.4 Å². The van der Waals surface area contributed by atoms with Crippen molar-refractivity contribution in [2.45, 2.75) is 13.0 Å². The maximum Gasteiger partial charge on any atom is 0.314 e. The fourth-order valence-electron chi connectivity index (χ4n) is 2.06. The van der Waals surface area contributed by atoms with E-state index in [1.54, 1.807) is 12.1 Å². The lowest BCUT2D eigenvalue weighted by atomic mass is 10.1. The number of nitrogens with one attached hydrogen (secondary N) is 1. The fraction of sp³-hybridized carbons (Fsp3) is 0.125. The average molecular weight is 316 g/mol. The first-order valence-corrected chi connectivity index (χ1v) is 6.93. The molecule has 1 heterocycles. The molecular formula is C16H14F2N4O. The molecular weight excluding hydrogens is 302 g/mol. The molecule has 0 aliphatic carbocycles.